The van der Waals surface area contributed by atoms with Crippen LogP contribution in [-0.2, 0) is 13.0 Å². The third-order valence-corrected chi connectivity index (χ3v) is 4.42. The van der Waals surface area contributed by atoms with E-state index in [1.165, 1.54) is 4.57 Å². The molecule has 134 valence electrons. The molecule has 0 fully saturated rings. The van der Waals surface area contributed by atoms with Crippen molar-refractivity contribution < 1.29 is 4.79 Å². The summed E-state index contributed by atoms with van der Waals surface area (Å²) in [5.74, 6) is -0.240. The summed E-state index contributed by atoms with van der Waals surface area (Å²) >= 11 is 5.85. The Bertz CT molecular complexity index is 1070. The van der Waals surface area contributed by atoms with Crippen molar-refractivity contribution in [3.63, 3.8) is 0 Å². The standard InChI is InChI=1S/C19H18ClN3O3/c1-2-23-16-8-5-13(11-15(16)22-18(25)19(23)26)17(24)21-10-9-12-3-6-14(20)7-4-12/h3-8,11H,2,9-10H2,1H3,(H,21,24)(H,22,25). The van der Waals surface area contributed by atoms with Gasteiger partial charge in [-0.25, -0.2) is 0 Å². The number of fused-ring (bicyclic) bond motifs is 1. The number of nitrogens with one attached hydrogen (secondary N) is 2. The predicted octanol–water partition coefficient (Wildman–Crippen LogP) is 2.34. The number of aromatic nitrogens is 2. The van der Waals surface area contributed by atoms with Crippen molar-refractivity contribution >= 4 is 28.5 Å². The fourth-order valence-corrected chi connectivity index (χ4v) is 2.93. The number of amides is 1. The summed E-state index contributed by atoms with van der Waals surface area (Å²) in [6, 6.07) is 12.4. The van der Waals surface area contributed by atoms with Crippen molar-refractivity contribution in [3.05, 3.63) is 79.3 Å². The van der Waals surface area contributed by atoms with Gasteiger partial charge in [0.25, 0.3) is 5.91 Å². The van der Waals surface area contributed by atoms with Gasteiger partial charge in [-0.05, 0) is 49.2 Å². The molecule has 0 saturated heterocycles. The van der Waals surface area contributed by atoms with Crippen LogP contribution in [0.5, 0.6) is 0 Å². The third kappa shape index (κ3) is 3.70. The van der Waals surface area contributed by atoms with Gasteiger partial charge >= 0.3 is 11.1 Å². The van der Waals surface area contributed by atoms with E-state index in [0.717, 1.165) is 5.56 Å². The maximum atomic E-state index is 12.3. The lowest BCUT2D eigenvalue weighted by atomic mass is 10.1. The lowest BCUT2D eigenvalue weighted by Crippen LogP contribution is -2.36. The quantitative estimate of drug-likeness (QED) is 0.675. The summed E-state index contributed by atoms with van der Waals surface area (Å²) in [5.41, 5.74) is 1.26. The zero-order valence-electron chi connectivity index (χ0n) is 14.2. The van der Waals surface area contributed by atoms with E-state index in [1.54, 1.807) is 25.1 Å². The van der Waals surface area contributed by atoms with Gasteiger partial charge < -0.3 is 14.9 Å². The highest BCUT2D eigenvalue weighted by atomic mass is 35.5. The number of hydrogen-bond donors (Lipinski definition) is 2. The van der Waals surface area contributed by atoms with Gasteiger partial charge in [-0.2, -0.15) is 0 Å². The molecule has 0 saturated carbocycles. The molecule has 0 atom stereocenters. The fraction of sp³-hybridized carbons (Fsp3) is 0.211. The molecule has 2 aromatic carbocycles. The second-order valence-electron chi connectivity index (χ2n) is 5.87. The Morgan fingerprint density at radius 2 is 1.88 bits per heavy atom. The Balaban J connectivity index is 1.76. The van der Waals surface area contributed by atoms with Gasteiger partial charge in [0.1, 0.15) is 0 Å². The molecule has 0 bridgehead atoms. The first-order valence-corrected chi connectivity index (χ1v) is 8.67. The van der Waals surface area contributed by atoms with Crippen LogP contribution in [0.2, 0.25) is 5.02 Å². The highest BCUT2D eigenvalue weighted by molar-refractivity contribution is 6.30. The first-order chi connectivity index (χ1) is 12.5. The summed E-state index contributed by atoms with van der Waals surface area (Å²) in [6.07, 6.45) is 0.683. The topological polar surface area (TPSA) is 84.0 Å². The lowest BCUT2D eigenvalue weighted by Gasteiger charge is -2.09. The predicted molar refractivity (Wildman–Crippen MR) is 102 cm³/mol. The zero-order chi connectivity index (χ0) is 18.7. The highest BCUT2D eigenvalue weighted by Crippen LogP contribution is 2.12. The molecule has 0 aliphatic heterocycles. The van der Waals surface area contributed by atoms with Gasteiger partial charge in [0.15, 0.2) is 0 Å². The smallest absolute Gasteiger partial charge is 0.316 e. The van der Waals surface area contributed by atoms with Crippen LogP contribution in [0.15, 0.2) is 52.1 Å². The average molecular weight is 372 g/mol. The minimum atomic E-state index is -0.695. The van der Waals surface area contributed by atoms with Crippen LogP contribution in [0.3, 0.4) is 0 Å². The van der Waals surface area contributed by atoms with E-state index in [-0.39, 0.29) is 5.91 Å². The van der Waals surface area contributed by atoms with Crippen molar-refractivity contribution in [2.75, 3.05) is 6.54 Å². The van der Waals surface area contributed by atoms with Gasteiger partial charge in [-0.15, -0.1) is 0 Å². The Hall–Kier alpha value is -2.86. The van der Waals surface area contributed by atoms with Crippen molar-refractivity contribution in [1.82, 2.24) is 14.9 Å². The maximum absolute atomic E-state index is 12.3. The van der Waals surface area contributed by atoms with E-state index < -0.39 is 11.1 Å². The Kier molecular flexibility index (Phi) is 5.23. The van der Waals surface area contributed by atoms with Gasteiger partial charge in [0.2, 0.25) is 0 Å². The van der Waals surface area contributed by atoms with Crippen molar-refractivity contribution in [2.45, 2.75) is 19.9 Å². The number of aromatic amines is 1. The summed E-state index contributed by atoms with van der Waals surface area (Å²) in [5, 5.41) is 3.52. The highest BCUT2D eigenvalue weighted by Gasteiger charge is 2.10. The normalized spacial score (nSPS) is 10.8. The van der Waals surface area contributed by atoms with Gasteiger partial charge in [-0.3, -0.25) is 14.4 Å². The summed E-state index contributed by atoms with van der Waals surface area (Å²) in [7, 11) is 0. The maximum Gasteiger partial charge on any atom is 0.316 e. The summed E-state index contributed by atoms with van der Waals surface area (Å²) < 4.78 is 1.39. The number of halogens is 1. The monoisotopic (exact) mass is 371 g/mol. The molecule has 0 radical (unpaired) electrons. The molecule has 1 heterocycles. The van der Waals surface area contributed by atoms with E-state index in [2.05, 4.69) is 10.3 Å². The van der Waals surface area contributed by atoms with E-state index in [4.69, 9.17) is 11.6 Å². The lowest BCUT2D eigenvalue weighted by molar-refractivity contribution is 0.0954. The SMILES string of the molecule is CCn1c(=O)c(=O)[nH]c2cc(C(=O)NCCc3ccc(Cl)cc3)ccc21. The molecule has 3 rings (SSSR count). The number of benzene rings is 2. The van der Waals surface area contributed by atoms with E-state index >= 15 is 0 Å². The Morgan fingerprint density at radius 3 is 2.58 bits per heavy atom. The van der Waals surface area contributed by atoms with Crippen molar-refractivity contribution in [3.8, 4) is 0 Å². The minimum absolute atomic E-state index is 0.240. The molecular weight excluding hydrogens is 354 g/mol. The van der Waals surface area contributed by atoms with E-state index in [0.29, 0.717) is 41.1 Å². The van der Waals surface area contributed by atoms with Crippen LogP contribution in [0.1, 0.15) is 22.8 Å². The molecule has 0 unspecified atom stereocenters. The molecule has 1 amide bonds. The Morgan fingerprint density at radius 1 is 1.15 bits per heavy atom. The van der Waals surface area contributed by atoms with Crippen LogP contribution in [0, 0.1) is 0 Å². The second-order valence-corrected chi connectivity index (χ2v) is 6.30. The minimum Gasteiger partial charge on any atom is -0.352 e. The molecule has 0 aliphatic carbocycles. The second kappa shape index (κ2) is 7.58. The molecule has 26 heavy (non-hydrogen) atoms. The first kappa shape index (κ1) is 17.9. The molecule has 0 spiro atoms. The molecule has 6 nitrogen and oxygen atoms in total. The average Bonchev–Trinajstić information content (AvgIpc) is 2.64. The number of aryl methyl sites for hydroxylation is 1. The largest absolute Gasteiger partial charge is 0.352 e. The van der Waals surface area contributed by atoms with Gasteiger partial charge in [0, 0.05) is 23.7 Å². The van der Waals surface area contributed by atoms with E-state index in [1.807, 2.05) is 24.3 Å². The van der Waals surface area contributed by atoms with Crippen LogP contribution >= 0.6 is 11.6 Å². The molecular formula is C19H18ClN3O3. The molecule has 0 aliphatic rings. The number of H-pyrrole nitrogens is 1. The number of carbonyl (C=O) groups excluding carboxylic acids is 1. The fourth-order valence-electron chi connectivity index (χ4n) is 2.81. The number of hydrogen-bond acceptors (Lipinski definition) is 3. The van der Waals surface area contributed by atoms with Crippen molar-refractivity contribution in [1.29, 1.82) is 0 Å². The van der Waals surface area contributed by atoms with Crippen LogP contribution in [0.4, 0.5) is 0 Å². The molecule has 1 aromatic heterocycles. The Labute approximate surface area is 154 Å². The molecule has 2 N–H and O–H groups in total. The van der Waals surface area contributed by atoms with Gasteiger partial charge in [0.05, 0.1) is 11.0 Å². The molecule has 3 aromatic rings. The molecule has 7 heteroatoms. The summed E-state index contributed by atoms with van der Waals surface area (Å²) in [6.45, 7) is 2.65. The van der Waals surface area contributed by atoms with Crippen molar-refractivity contribution in [2.24, 2.45) is 0 Å². The number of nitrogens with zero attached hydrogens (tertiary/aromatic N) is 1. The third-order valence-electron chi connectivity index (χ3n) is 4.17. The number of rotatable bonds is 5. The first-order valence-electron chi connectivity index (χ1n) is 8.29. The van der Waals surface area contributed by atoms with E-state index in [9.17, 15) is 14.4 Å². The van der Waals surface area contributed by atoms with Crippen LogP contribution in [0.25, 0.3) is 11.0 Å². The van der Waals surface area contributed by atoms with Gasteiger partial charge in [-0.1, -0.05) is 23.7 Å². The zero-order valence-corrected chi connectivity index (χ0v) is 15.0. The van der Waals surface area contributed by atoms with Crippen LogP contribution in [-0.4, -0.2) is 22.0 Å². The van der Waals surface area contributed by atoms with Crippen LogP contribution < -0.4 is 16.4 Å². The number of carbonyl (C=O) groups is 1. The summed E-state index contributed by atoms with van der Waals surface area (Å²) in [4.78, 5) is 38.5.